The molecule has 142 valence electrons. The van der Waals surface area contributed by atoms with Crippen LogP contribution >= 0.6 is 0 Å². The molecule has 1 aromatic carbocycles. The van der Waals surface area contributed by atoms with Gasteiger partial charge in [-0.15, -0.1) is 0 Å². The van der Waals surface area contributed by atoms with Gasteiger partial charge in [-0.1, -0.05) is 55.3 Å². The summed E-state index contributed by atoms with van der Waals surface area (Å²) < 4.78 is 6.74. The zero-order chi connectivity index (χ0) is 18.5. The lowest BCUT2D eigenvalue weighted by Gasteiger charge is -2.59. The number of nitrogens with zero attached hydrogens (tertiary/aromatic N) is 1. The van der Waals surface area contributed by atoms with E-state index in [-0.39, 0.29) is 17.9 Å². The summed E-state index contributed by atoms with van der Waals surface area (Å²) in [6.45, 7) is 10.0. The smallest absolute Gasteiger partial charge is 0.145 e. The number of aliphatic hydroxyl groups is 1. The molecular weight excluding hydrogens is 322 g/mol. The first-order valence-electron chi connectivity index (χ1n) is 10.2. The van der Waals surface area contributed by atoms with E-state index in [2.05, 4.69) is 38.7 Å². The van der Waals surface area contributed by atoms with Crippen molar-refractivity contribution in [2.24, 2.45) is 11.8 Å². The van der Waals surface area contributed by atoms with Gasteiger partial charge in [0.1, 0.15) is 11.8 Å². The molecule has 0 radical (unpaired) electrons. The lowest BCUT2D eigenvalue weighted by Crippen LogP contribution is -2.68. The molecule has 2 heterocycles. The first-order valence-corrected chi connectivity index (χ1v) is 10.2. The summed E-state index contributed by atoms with van der Waals surface area (Å²) in [6, 6.07) is 10.1. The molecule has 3 aliphatic rings. The fourth-order valence-electron chi connectivity index (χ4n) is 5.55. The van der Waals surface area contributed by atoms with Crippen molar-refractivity contribution in [3.63, 3.8) is 0 Å². The molecule has 26 heavy (non-hydrogen) atoms. The molecule has 1 aliphatic carbocycles. The van der Waals surface area contributed by atoms with Crippen LogP contribution in [0.25, 0.3) is 0 Å². The Kier molecular flexibility index (Phi) is 4.53. The standard InChI is InChI=1S/C23H33NO2/c1-16-10-11-19-20(14-16)26-21-23(25,18-8-6-5-7-9-18)15-17(2)12-13-24(21)22(19,3)4/h5-9,12,16,19-21,25H,10-11,13-15H2,1-4H3/t16-,19-,20-,21+,23+/m1/s1. The minimum atomic E-state index is -1.01. The minimum absolute atomic E-state index is 0.0115. The zero-order valence-corrected chi connectivity index (χ0v) is 16.6. The van der Waals surface area contributed by atoms with Crippen molar-refractivity contribution >= 4 is 0 Å². The first kappa shape index (κ1) is 18.2. The summed E-state index contributed by atoms with van der Waals surface area (Å²) in [5, 5.41) is 12.0. The Balaban J connectivity index is 1.79. The summed E-state index contributed by atoms with van der Waals surface area (Å²) in [5.74, 6) is 1.23. The van der Waals surface area contributed by atoms with Crippen molar-refractivity contribution in [2.45, 2.75) is 76.9 Å². The molecule has 3 heteroatoms. The van der Waals surface area contributed by atoms with E-state index in [0.29, 0.717) is 18.3 Å². The summed E-state index contributed by atoms with van der Waals surface area (Å²) >= 11 is 0. The molecule has 0 spiro atoms. The largest absolute Gasteiger partial charge is 0.381 e. The number of fused-ring (bicyclic) bond motifs is 2. The molecular formula is C23H33NO2. The van der Waals surface area contributed by atoms with Crippen LogP contribution in [-0.4, -0.2) is 34.4 Å². The number of hydrogen-bond donors (Lipinski definition) is 1. The van der Waals surface area contributed by atoms with Crippen molar-refractivity contribution in [2.75, 3.05) is 6.54 Å². The van der Waals surface area contributed by atoms with E-state index in [4.69, 9.17) is 4.74 Å². The van der Waals surface area contributed by atoms with Crippen molar-refractivity contribution in [1.82, 2.24) is 4.90 Å². The highest BCUT2D eigenvalue weighted by molar-refractivity contribution is 5.28. The van der Waals surface area contributed by atoms with Gasteiger partial charge in [-0.2, -0.15) is 0 Å². The fourth-order valence-corrected chi connectivity index (χ4v) is 5.55. The Morgan fingerprint density at radius 2 is 1.88 bits per heavy atom. The summed E-state index contributed by atoms with van der Waals surface area (Å²) in [6.07, 6.45) is 6.45. The topological polar surface area (TPSA) is 32.7 Å². The van der Waals surface area contributed by atoms with E-state index in [1.54, 1.807) is 0 Å². The molecule has 1 saturated heterocycles. The third-order valence-corrected chi connectivity index (χ3v) is 7.16. The Labute approximate surface area is 158 Å². The van der Waals surface area contributed by atoms with E-state index in [1.807, 2.05) is 30.3 Å². The van der Waals surface area contributed by atoms with Gasteiger partial charge in [0.05, 0.1) is 6.10 Å². The van der Waals surface area contributed by atoms with Gasteiger partial charge in [0.15, 0.2) is 0 Å². The molecule has 1 saturated carbocycles. The van der Waals surface area contributed by atoms with Crippen LogP contribution in [0.4, 0.5) is 0 Å². The first-order chi connectivity index (χ1) is 12.3. The number of hydrogen-bond acceptors (Lipinski definition) is 3. The zero-order valence-electron chi connectivity index (χ0n) is 16.6. The molecule has 1 N–H and O–H groups in total. The van der Waals surface area contributed by atoms with Crippen LogP contribution in [0.3, 0.4) is 0 Å². The number of ether oxygens (including phenoxy) is 1. The SMILES string of the molecule is CC1=CCN2[C@@H](O[C@@H]3C[C@H](C)CC[C@H]3C2(C)C)[C@@](O)(c2ccccc2)C1. The average molecular weight is 356 g/mol. The van der Waals surface area contributed by atoms with E-state index >= 15 is 0 Å². The molecule has 0 bridgehead atoms. The number of benzene rings is 1. The summed E-state index contributed by atoms with van der Waals surface area (Å²) in [5.41, 5.74) is 1.20. The molecule has 2 fully saturated rings. The second-order valence-electron chi connectivity index (χ2n) is 9.38. The van der Waals surface area contributed by atoms with Gasteiger partial charge in [-0.3, -0.25) is 4.90 Å². The molecule has 4 rings (SSSR count). The highest BCUT2D eigenvalue weighted by Gasteiger charge is 2.56. The normalized spacial score (nSPS) is 40.1. The Hall–Kier alpha value is -1.16. The molecule has 0 unspecified atom stereocenters. The van der Waals surface area contributed by atoms with Gasteiger partial charge >= 0.3 is 0 Å². The van der Waals surface area contributed by atoms with Crippen LogP contribution in [0, 0.1) is 11.8 Å². The Morgan fingerprint density at radius 3 is 2.62 bits per heavy atom. The van der Waals surface area contributed by atoms with Crippen LogP contribution in [0.15, 0.2) is 42.0 Å². The fraction of sp³-hybridized carbons (Fsp3) is 0.652. The van der Waals surface area contributed by atoms with E-state index in [9.17, 15) is 5.11 Å². The Morgan fingerprint density at radius 1 is 1.15 bits per heavy atom. The summed E-state index contributed by atoms with van der Waals surface area (Å²) in [4.78, 5) is 2.42. The van der Waals surface area contributed by atoms with Crippen molar-refractivity contribution in [3.8, 4) is 0 Å². The third kappa shape index (κ3) is 2.85. The predicted molar refractivity (Wildman–Crippen MR) is 105 cm³/mol. The van der Waals surface area contributed by atoms with Crippen LogP contribution in [0.5, 0.6) is 0 Å². The van der Waals surface area contributed by atoms with Crippen molar-refractivity contribution < 1.29 is 9.84 Å². The molecule has 0 amide bonds. The number of rotatable bonds is 1. The molecule has 1 aromatic rings. The van der Waals surface area contributed by atoms with Gasteiger partial charge in [0, 0.05) is 24.4 Å². The summed E-state index contributed by atoms with van der Waals surface area (Å²) in [7, 11) is 0. The van der Waals surface area contributed by atoms with Gasteiger partial charge in [0.25, 0.3) is 0 Å². The molecule has 5 atom stereocenters. The van der Waals surface area contributed by atoms with E-state index in [0.717, 1.165) is 18.5 Å². The maximum Gasteiger partial charge on any atom is 0.145 e. The van der Waals surface area contributed by atoms with Gasteiger partial charge in [-0.25, -0.2) is 0 Å². The lowest BCUT2D eigenvalue weighted by molar-refractivity contribution is -0.285. The quantitative estimate of drug-likeness (QED) is 0.755. The van der Waals surface area contributed by atoms with Crippen LogP contribution in [0.2, 0.25) is 0 Å². The highest BCUT2D eigenvalue weighted by Crippen LogP contribution is 2.50. The third-order valence-electron chi connectivity index (χ3n) is 7.16. The maximum absolute atomic E-state index is 12.0. The molecule has 0 aromatic heterocycles. The Bertz CT molecular complexity index is 683. The predicted octanol–water partition coefficient (Wildman–Crippen LogP) is 4.47. The van der Waals surface area contributed by atoms with Crippen molar-refractivity contribution in [3.05, 3.63) is 47.5 Å². The van der Waals surface area contributed by atoms with Gasteiger partial charge in [-0.05, 0) is 45.1 Å². The van der Waals surface area contributed by atoms with Gasteiger partial charge < -0.3 is 9.84 Å². The van der Waals surface area contributed by atoms with Gasteiger partial charge in [0.2, 0.25) is 0 Å². The monoisotopic (exact) mass is 355 g/mol. The van der Waals surface area contributed by atoms with Crippen LogP contribution < -0.4 is 0 Å². The lowest BCUT2D eigenvalue weighted by atomic mass is 9.69. The second kappa shape index (κ2) is 6.47. The second-order valence-corrected chi connectivity index (χ2v) is 9.38. The van der Waals surface area contributed by atoms with E-state index in [1.165, 1.54) is 18.4 Å². The minimum Gasteiger partial charge on any atom is -0.381 e. The van der Waals surface area contributed by atoms with Crippen LogP contribution in [-0.2, 0) is 10.3 Å². The average Bonchev–Trinajstić information content (AvgIpc) is 2.73. The molecule has 3 nitrogen and oxygen atoms in total. The van der Waals surface area contributed by atoms with E-state index < -0.39 is 5.60 Å². The highest BCUT2D eigenvalue weighted by atomic mass is 16.5. The molecule has 2 aliphatic heterocycles. The van der Waals surface area contributed by atoms with Crippen molar-refractivity contribution in [1.29, 1.82) is 0 Å². The maximum atomic E-state index is 12.0. The van der Waals surface area contributed by atoms with Crippen LogP contribution in [0.1, 0.15) is 58.9 Å².